The second-order valence-electron chi connectivity index (χ2n) is 8.12. The number of aryl methyl sites for hydroxylation is 2. The Bertz CT molecular complexity index is 1140. The molecule has 0 saturated carbocycles. The van der Waals surface area contributed by atoms with Crippen LogP contribution in [0, 0.1) is 13.8 Å². The van der Waals surface area contributed by atoms with E-state index in [1.54, 1.807) is 7.11 Å². The van der Waals surface area contributed by atoms with E-state index in [1.807, 2.05) is 50.2 Å². The number of carboxylic acid groups (broad SMARTS) is 1. The lowest BCUT2D eigenvalue weighted by Gasteiger charge is -2.25. The van der Waals surface area contributed by atoms with Crippen LogP contribution in [0.1, 0.15) is 51.6 Å². The number of ether oxygens (including phenoxy) is 2. The molecule has 0 amide bonds. The highest BCUT2D eigenvalue weighted by Gasteiger charge is 2.29. The summed E-state index contributed by atoms with van der Waals surface area (Å²) < 4.78 is 11.2. The van der Waals surface area contributed by atoms with Crippen LogP contribution >= 0.6 is 11.6 Å². The minimum absolute atomic E-state index is 0.0126. The van der Waals surface area contributed by atoms with Crippen molar-refractivity contribution in [1.82, 2.24) is 9.97 Å². The number of nitrogens with zero attached hydrogens (tertiary/aromatic N) is 3. The first-order valence-electron chi connectivity index (χ1n) is 10.8. The number of methoxy groups -OCH3 is 1. The number of carbonyl (C=O) groups is 1. The van der Waals surface area contributed by atoms with Gasteiger partial charge in [0.15, 0.2) is 0 Å². The normalized spacial score (nSPS) is 15.5. The molecule has 0 radical (unpaired) electrons. The van der Waals surface area contributed by atoms with Crippen molar-refractivity contribution in [3.05, 3.63) is 75.6 Å². The second kappa shape index (κ2) is 9.67. The Balaban J connectivity index is 1.60. The van der Waals surface area contributed by atoms with Gasteiger partial charge in [-0.05, 0) is 67.6 Å². The smallest absolute Gasteiger partial charge is 0.339 e. The van der Waals surface area contributed by atoms with E-state index in [2.05, 4.69) is 14.9 Å². The van der Waals surface area contributed by atoms with E-state index >= 15 is 0 Å². The number of rotatable bonds is 7. The maximum atomic E-state index is 11.8. The Morgan fingerprint density at radius 1 is 1.18 bits per heavy atom. The molecule has 2 heterocycles. The van der Waals surface area contributed by atoms with Crippen molar-refractivity contribution in [2.24, 2.45) is 0 Å². The number of aromatic nitrogens is 2. The summed E-state index contributed by atoms with van der Waals surface area (Å²) >= 11 is 6.24. The van der Waals surface area contributed by atoms with E-state index in [9.17, 15) is 9.90 Å². The molecule has 1 aromatic heterocycles. The van der Waals surface area contributed by atoms with Gasteiger partial charge in [0.2, 0.25) is 5.95 Å². The van der Waals surface area contributed by atoms with Crippen LogP contribution < -0.4 is 14.4 Å². The Morgan fingerprint density at radius 3 is 2.52 bits per heavy atom. The van der Waals surface area contributed by atoms with Crippen molar-refractivity contribution >= 4 is 23.5 Å². The number of aromatic carboxylic acids is 1. The molecule has 3 aromatic rings. The van der Waals surface area contributed by atoms with Crippen molar-refractivity contribution in [1.29, 1.82) is 0 Å². The lowest BCUT2D eigenvalue weighted by atomic mass is 10.0. The van der Waals surface area contributed by atoms with Crippen LogP contribution in [-0.2, 0) is 6.61 Å². The molecule has 1 aliphatic rings. The first-order valence-corrected chi connectivity index (χ1v) is 11.1. The van der Waals surface area contributed by atoms with Gasteiger partial charge < -0.3 is 19.5 Å². The molecule has 1 N–H and O–H groups in total. The van der Waals surface area contributed by atoms with Gasteiger partial charge in [-0.15, -0.1) is 0 Å². The zero-order valence-electron chi connectivity index (χ0n) is 18.8. The predicted molar refractivity (Wildman–Crippen MR) is 127 cm³/mol. The Morgan fingerprint density at radius 2 is 1.88 bits per heavy atom. The Hall–Kier alpha value is -3.32. The third-order valence-corrected chi connectivity index (χ3v) is 6.48. The lowest BCUT2D eigenvalue weighted by Crippen LogP contribution is -2.26. The van der Waals surface area contributed by atoms with Gasteiger partial charge in [0.1, 0.15) is 23.7 Å². The van der Waals surface area contributed by atoms with Gasteiger partial charge in [-0.25, -0.2) is 14.8 Å². The minimum atomic E-state index is -1.09. The monoisotopic (exact) mass is 467 g/mol. The molecule has 1 aliphatic heterocycles. The van der Waals surface area contributed by atoms with Crippen LogP contribution in [0.15, 0.2) is 42.6 Å². The van der Waals surface area contributed by atoms with Crippen molar-refractivity contribution in [2.75, 3.05) is 18.6 Å². The summed E-state index contributed by atoms with van der Waals surface area (Å²) in [5, 5.41) is 10.3. The number of carboxylic acids is 1. The fraction of sp³-hybridized carbons (Fsp3) is 0.320. The third kappa shape index (κ3) is 4.88. The van der Waals surface area contributed by atoms with Crippen molar-refractivity contribution in [3.8, 4) is 11.5 Å². The summed E-state index contributed by atoms with van der Waals surface area (Å²) in [6, 6.07) is 11.7. The Kier molecular flexibility index (Phi) is 6.70. The van der Waals surface area contributed by atoms with Gasteiger partial charge in [0.25, 0.3) is 0 Å². The van der Waals surface area contributed by atoms with E-state index < -0.39 is 5.97 Å². The zero-order chi connectivity index (χ0) is 23.5. The minimum Gasteiger partial charge on any atom is -0.497 e. The Labute approximate surface area is 198 Å². The maximum absolute atomic E-state index is 11.8. The first kappa shape index (κ1) is 22.9. The van der Waals surface area contributed by atoms with E-state index in [1.165, 1.54) is 6.20 Å². The highest BCUT2D eigenvalue weighted by Crippen LogP contribution is 2.35. The average molecular weight is 468 g/mol. The van der Waals surface area contributed by atoms with Gasteiger partial charge in [0, 0.05) is 17.8 Å². The molecule has 0 spiro atoms. The maximum Gasteiger partial charge on any atom is 0.339 e. The first-order chi connectivity index (χ1) is 15.9. The van der Waals surface area contributed by atoms with Gasteiger partial charge in [-0.3, -0.25) is 0 Å². The SMILES string of the molecule is COc1ccc([C@H]2CCCN2c2ncc(C(=O)O)c(COc3cc(C)c(Cl)c(C)c3)n2)cc1. The quantitative estimate of drug-likeness (QED) is 0.499. The molecule has 8 heteroatoms. The van der Waals surface area contributed by atoms with Crippen LogP contribution in [0.2, 0.25) is 5.02 Å². The van der Waals surface area contributed by atoms with E-state index in [0.717, 1.165) is 41.8 Å². The van der Waals surface area contributed by atoms with Crippen molar-refractivity contribution < 1.29 is 19.4 Å². The summed E-state index contributed by atoms with van der Waals surface area (Å²) in [4.78, 5) is 22.9. The van der Waals surface area contributed by atoms with Gasteiger partial charge in [-0.1, -0.05) is 23.7 Å². The number of benzene rings is 2. The summed E-state index contributed by atoms with van der Waals surface area (Å²) in [5.74, 6) is 0.831. The topological polar surface area (TPSA) is 84.8 Å². The summed E-state index contributed by atoms with van der Waals surface area (Å²) in [7, 11) is 1.64. The largest absolute Gasteiger partial charge is 0.497 e. The molecule has 0 bridgehead atoms. The summed E-state index contributed by atoms with van der Waals surface area (Å²) in [6.07, 6.45) is 3.33. The molecular weight excluding hydrogens is 442 g/mol. The van der Waals surface area contributed by atoms with Crippen LogP contribution in [0.4, 0.5) is 5.95 Å². The van der Waals surface area contributed by atoms with Gasteiger partial charge >= 0.3 is 5.97 Å². The van der Waals surface area contributed by atoms with Crippen LogP contribution in [0.3, 0.4) is 0 Å². The van der Waals surface area contributed by atoms with E-state index in [-0.39, 0.29) is 18.2 Å². The molecule has 7 nitrogen and oxygen atoms in total. The molecule has 0 aliphatic carbocycles. The van der Waals surface area contributed by atoms with Crippen molar-refractivity contribution in [3.63, 3.8) is 0 Å². The fourth-order valence-electron chi connectivity index (χ4n) is 4.15. The standard InChI is InChI=1S/C25H26ClN3O4/c1-15-11-19(12-16(2)23(15)26)33-14-21-20(24(30)31)13-27-25(28-21)29-10-4-5-22(29)17-6-8-18(32-3)9-7-17/h6-9,11-13,22H,4-5,10,14H2,1-3H3,(H,30,31)/t22-/m1/s1. The molecule has 1 fully saturated rings. The number of hydrogen-bond donors (Lipinski definition) is 1. The predicted octanol–water partition coefficient (Wildman–Crippen LogP) is 5.37. The van der Waals surface area contributed by atoms with Crippen molar-refractivity contribution in [2.45, 2.75) is 39.3 Å². The molecule has 1 atom stereocenters. The molecule has 2 aromatic carbocycles. The van der Waals surface area contributed by atoms with E-state index in [0.29, 0.717) is 22.4 Å². The molecule has 172 valence electrons. The second-order valence-corrected chi connectivity index (χ2v) is 8.50. The lowest BCUT2D eigenvalue weighted by molar-refractivity contribution is 0.0692. The fourth-order valence-corrected chi connectivity index (χ4v) is 4.26. The molecule has 0 unspecified atom stereocenters. The summed E-state index contributed by atoms with van der Waals surface area (Å²) in [6.45, 7) is 4.61. The van der Waals surface area contributed by atoms with Crippen LogP contribution in [-0.4, -0.2) is 34.7 Å². The summed E-state index contributed by atoms with van der Waals surface area (Å²) in [5.41, 5.74) is 3.30. The number of halogens is 1. The number of hydrogen-bond acceptors (Lipinski definition) is 6. The van der Waals surface area contributed by atoms with Crippen LogP contribution in [0.25, 0.3) is 0 Å². The molecule has 4 rings (SSSR count). The molecular formula is C25H26ClN3O4. The van der Waals surface area contributed by atoms with E-state index in [4.69, 9.17) is 21.1 Å². The number of anilines is 1. The van der Waals surface area contributed by atoms with Gasteiger partial charge in [-0.2, -0.15) is 0 Å². The molecule has 1 saturated heterocycles. The molecule has 33 heavy (non-hydrogen) atoms. The highest BCUT2D eigenvalue weighted by molar-refractivity contribution is 6.32. The third-order valence-electron chi connectivity index (χ3n) is 5.88. The zero-order valence-corrected chi connectivity index (χ0v) is 19.6. The average Bonchev–Trinajstić information content (AvgIpc) is 3.31. The highest BCUT2D eigenvalue weighted by atomic mass is 35.5. The van der Waals surface area contributed by atoms with Gasteiger partial charge in [0.05, 0.1) is 18.8 Å². The van der Waals surface area contributed by atoms with Crippen LogP contribution in [0.5, 0.6) is 11.5 Å².